The molecule has 1 atom stereocenters. The van der Waals surface area contributed by atoms with E-state index in [1.54, 1.807) is 0 Å². The number of fused-ring (bicyclic) bond motifs is 1. The molecule has 13 heavy (non-hydrogen) atoms. The summed E-state index contributed by atoms with van der Waals surface area (Å²) in [5.41, 5.74) is -1.19. The third kappa shape index (κ3) is 0.622. The summed E-state index contributed by atoms with van der Waals surface area (Å²) in [5, 5.41) is 3.14. The van der Waals surface area contributed by atoms with E-state index in [0.717, 1.165) is 38.6 Å². The van der Waals surface area contributed by atoms with Crippen LogP contribution in [0.5, 0.6) is 0 Å². The smallest absolute Gasteiger partial charge is 0.261 e. The molecule has 74 valence electrons. The van der Waals surface area contributed by atoms with E-state index < -0.39 is 16.8 Å². The Hall–Kier alpha value is -0.180. The fourth-order valence-electron chi connectivity index (χ4n) is 3.65. The number of halogens is 2. The lowest BCUT2D eigenvalue weighted by molar-refractivity contribution is 0.0204. The number of alkyl halides is 2. The molecule has 1 N–H and O–H groups in total. The minimum absolute atomic E-state index is 0.556. The first kappa shape index (κ1) is 8.16. The third-order valence-corrected chi connectivity index (χ3v) is 4.65. The van der Waals surface area contributed by atoms with E-state index in [0.29, 0.717) is 6.54 Å². The van der Waals surface area contributed by atoms with Crippen LogP contribution in [0.4, 0.5) is 8.78 Å². The topological polar surface area (TPSA) is 12.0 Å². The lowest BCUT2D eigenvalue weighted by Crippen LogP contribution is -2.37. The van der Waals surface area contributed by atoms with E-state index in [4.69, 9.17) is 0 Å². The number of hydrogen-bond donors (Lipinski definition) is 1. The quantitative estimate of drug-likeness (QED) is 0.613. The lowest BCUT2D eigenvalue weighted by atomic mass is 9.73. The zero-order valence-electron chi connectivity index (χ0n) is 7.71. The van der Waals surface area contributed by atoms with E-state index in [1.807, 2.05) is 0 Å². The van der Waals surface area contributed by atoms with Gasteiger partial charge < -0.3 is 5.32 Å². The summed E-state index contributed by atoms with van der Waals surface area (Å²) >= 11 is 0. The summed E-state index contributed by atoms with van der Waals surface area (Å²) in [7, 11) is 0. The highest BCUT2D eigenvalue weighted by atomic mass is 19.3. The highest BCUT2D eigenvalue weighted by Crippen LogP contribution is 2.84. The maximum Gasteiger partial charge on any atom is 0.261 e. The van der Waals surface area contributed by atoms with Crippen LogP contribution in [-0.4, -0.2) is 19.0 Å². The van der Waals surface area contributed by atoms with E-state index in [1.165, 1.54) is 0 Å². The third-order valence-electron chi connectivity index (χ3n) is 4.65. The molecule has 1 aliphatic heterocycles. The van der Waals surface area contributed by atoms with Gasteiger partial charge in [0.15, 0.2) is 0 Å². The predicted molar refractivity (Wildman–Crippen MR) is 45.8 cm³/mol. The molecule has 1 nitrogen and oxygen atoms in total. The van der Waals surface area contributed by atoms with Crippen LogP contribution >= 0.6 is 0 Å². The van der Waals surface area contributed by atoms with Crippen molar-refractivity contribution in [3.8, 4) is 0 Å². The molecule has 0 aromatic rings. The molecular weight excluding hydrogens is 172 g/mol. The molecule has 0 amide bonds. The first-order chi connectivity index (χ1) is 6.16. The molecule has 3 heteroatoms. The molecule has 2 aliphatic carbocycles. The van der Waals surface area contributed by atoms with Gasteiger partial charge in [-0.3, -0.25) is 0 Å². The molecular formula is C10H15F2N. The van der Waals surface area contributed by atoms with Crippen molar-refractivity contribution in [2.45, 2.75) is 38.0 Å². The zero-order valence-corrected chi connectivity index (χ0v) is 7.71. The summed E-state index contributed by atoms with van der Waals surface area (Å²) < 4.78 is 27.5. The lowest BCUT2D eigenvalue weighted by Gasteiger charge is -2.32. The Morgan fingerprint density at radius 2 is 1.62 bits per heavy atom. The van der Waals surface area contributed by atoms with Crippen LogP contribution in [0.2, 0.25) is 0 Å². The van der Waals surface area contributed by atoms with Gasteiger partial charge in [-0.1, -0.05) is 6.42 Å². The first-order valence-electron chi connectivity index (χ1n) is 5.25. The molecule has 0 radical (unpaired) electrons. The van der Waals surface area contributed by atoms with Crippen LogP contribution in [0.25, 0.3) is 0 Å². The summed E-state index contributed by atoms with van der Waals surface area (Å²) in [6, 6.07) is 0. The number of nitrogens with one attached hydrogen (secondary N) is 1. The van der Waals surface area contributed by atoms with Gasteiger partial charge >= 0.3 is 0 Å². The Bertz CT molecular complexity index is 239. The van der Waals surface area contributed by atoms with Gasteiger partial charge in [-0.05, 0) is 32.2 Å². The van der Waals surface area contributed by atoms with Gasteiger partial charge in [-0.2, -0.15) is 0 Å². The van der Waals surface area contributed by atoms with Crippen LogP contribution in [0.1, 0.15) is 32.1 Å². The van der Waals surface area contributed by atoms with Crippen LogP contribution in [0.15, 0.2) is 0 Å². The molecule has 0 aromatic carbocycles. The Morgan fingerprint density at radius 3 is 2.00 bits per heavy atom. The molecule has 1 saturated heterocycles. The first-order valence-corrected chi connectivity index (χ1v) is 5.25. The zero-order chi connectivity index (χ0) is 9.16. The molecule has 0 bridgehead atoms. The minimum Gasteiger partial charge on any atom is -0.316 e. The van der Waals surface area contributed by atoms with Crippen molar-refractivity contribution in [3.05, 3.63) is 0 Å². The number of rotatable bonds is 0. The van der Waals surface area contributed by atoms with Gasteiger partial charge in [-0.25, -0.2) is 8.78 Å². The highest BCUT2D eigenvalue weighted by Gasteiger charge is 2.90. The summed E-state index contributed by atoms with van der Waals surface area (Å²) in [5.74, 6) is -2.36. The van der Waals surface area contributed by atoms with Crippen molar-refractivity contribution >= 4 is 0 Å². The van der Waals surface area contributed by atoms with Gasteiger partial charge in [0.05, 0.1) is 5.41 Å². The molecule has 1 heterocycles. The Morgan fingerprint density at radius 1 is 0.923 bits per heavy atom. The second kappa shape index (κ2) is 2.08. The van der Waals surface area contributed by atoms with Crippen molar-refractivity contribution in [1.29, 1.82) is 0 Å². The van der Waals surface area contributed by atoms with E-state index in [9.17, 15) is 8.78 Å². The second-order valence-corrected chi connectivity index (χ2v) is 4.87. The Kier molecular flexibility index (Phi) is 1.30. The van der Waals surface area contributed by atoms with Crippen molar-refractivity contribution in [2.75, 3.05) is 13.1 Å². The molecule has 2 saturated carbocycles. The van der Waals surface area contributed by atoms with Crippen molar-refractivity contribution in [1.82, 2.24) is 5.32 Å². The van der Waals surface area contributed by atoms with E-state index >= 15 is 0 Å². The average Bonchev–Trinajstić information content (AvgIpc) is 2.43. The molecule has 0 unspecified atom stereocenters. The van der Waals surface area contributed by atoms with Crippen LogP contribution in [-0.2, 0) is 0 Å². The van der Waals surface area contributed by atoms with Crippen molar-refractivity contribution in [3.63, 3.8) is 0 Å². The van der Waals surface area contributed by atoms with Gasteiger partial charge in [0.2, 0.25) is 0 Å². The minimum atomic E-state index is -2.36. The summed E-state index contributed by atoms with van der Waals surface area (Å²) in [4.78, 5) is 0. The molecule has 3 fully saturated rings. The van der Waals surface area contributed by atoms with E-state index in [2.05, 4.69) is 5.32 Å². The predicted octanol–water partition coefficient (Wildman–Crippen LogP) is 2.18. The summed E-state index contributed by atoms with van der Waals surface area (Å²) in [6.07, 6.45) is 4.21. The summed E-state index contributed by atoms with van der Waals surface area (Å²) in [6.45, 7) is 1.48. The monoisotopic (exact) mass is 187 g/mol. The van der Waals surface area contributed by atoms with Crippen LogP contribution in [0.3, 0.4) is 0 Å². The van der Waals surface area contributed by atoms with Crippen molar-refractivity contribution < 1.29 is 8.78 Å². The van der Waals surface area contributed by atoms with Gasteiger partial charge in [0.1, 0.15) is 0 Å². The standard InChI is InChI=1S/C10H15F2N/c11-10(12)8(3-1-4-8)9(10)5-2-6-13-7-9/h13H,1-7H2/t9-/m0/s1. The molecule has 3 aliphatic rings. The molecule has 3 rings (SSSR count). The Balaban J connectivity index is 1.91. The fraction of sp³-hybridized carbons (Fsp3) is 1.00. The van der Waals surface area contributed by atoms with Crippen LogP contribution < -0.4 is 5.32 Å². The maximum absolute atomic E-state index is 13.7. The normalized spacial score (nSPS) is 44.8. The van der Waals surface area contributed by atoms with E-state index in [-0.39, 0.29) is 0 Å². The average molecular weight is 187 g/mol. The van der Waals surface area contributed by atoms with Gasteiger partial charge in [0, 0.05) is 12.0 Å². The fourth-order valence-corrected chi connectivity index (χ4v) is 3.65. The maximum atomic E-state index is 13.7. The van der Waals surface area contributed by atoms with Gasteiger partial charge in [-0.15, -0.1) is 0 Å². The Labute approximate surface area is 76.9 Å². The molecule has 2 spiro atoms. The SMILES string of the molecule is FC1(F)C2(CCC2)[C@@]12CCCNC2. The van der Waals surface area contributed by atoms with Crippen LogP contribution in [0, 0.1) is 10.8 Å². The molecule has 0 aromatic heterocycles. The number of hydrogen-bond acceptors (Lipinski definition) is 1. The van der Waals surface area contributed by atoms with Gasteiger partial charge in [0.25, 0.3) is 5.92 Å². The second-order valence-electron chi connectivity index (χ2n) is 4.87. The highest BCUT2D eigenvalue weighted by molar-refractivity contribution is 5.32. The van der Waals surface area contributed by atoms with Crippen molar-refractivity contribution in [2.24, 2.45) is 10.8 Å². The largest absolute Gasteiger partial charge is 0.316 e. The number of piperidine rings is 1.